The maximum atomic E-state index is 11.7. The zero-order valence-corrected chi connectivity index (χ0v) is 10.9. The van der Waals surface area contributed by atoms with Gasteiger partial charge in [-0.3, -0.25) is 10.1 Å². The number of nitriles is 1. The summed E-state index contributed by atoms with van der Waals surface area (Å²) in [7, 11) is 1.32. The van der Waals surface area contributed by atoms with Crippen LogP contribution in [0.15, 0.2) is 18.2 Å². The number of hydrogen-bond acceptors (Lipinski definition) is 6. The number of methoxy groups -OCH3 is 1. The van der Waals surface area contributed by atoms with Crippen molar-refractivity contribution in [3.05, 3.63) is 33.9 Å². The molecule has 20 heavy (non-hydrogen) atoms. The fourth-order valence-corrected chi connectivity index (χ4v) is 2.40. The standard InChI is InChI=1S/C13H13N3O4/c1-20-13(17)11-3-2-6-15(11)10-5-4-9(8-14)12(7-10)16(18)19/h4-5,7,11H,2-3,6H2,1H3. The third kappa shape index (κ3) is 2.40. The number of nitro groups is 1. The molecule has 2 rings (SSSR count). The van der Waals surface area contributed by atoms with Gasteiger partial charge >= 0.3 is 5.97 Å². The lowest BCUT2D eigenvalue weighted by atomic mass is 10.1. The van der Waals surface area contributed by atoms with E-state index in [1.165, 1.54) is 19.2 Å². The van der Waals surface area contributed by atoms with Gasteiger partial charge in [0, 0.05) is 18.3 Å². The minimum Gasteiger partial charge on any atom is -0.467 e. The first kappa shape index (κ1) is 13.8. The number of esters is 1. The summed E-state index contributed by atoms with van der Waals surface area (Å²) in [5.74, 6) is -0.352. The second kappa shape index (κ2) is 5.57. The second-order valence-electron chi connectivity index (χ2n) is 4.44. The number of benzene rings is 1. The van der Waals surface area contributed by atoms with Crippen molar-refractivity contribution < 1.29 is 14.5 Å². The molecule has 1 aliphatic rings. The van der Waals surface area contributed by atoms with Gasteiger partial charge in [-0.15, -0.1) is 0 Å². The van der Waals surface area contributed by atoms with Crippen molar-refractivity contribution in [2.45, 2.75) is 18.9 Å². The summed E-state index contributed by atoms with van der Waals surface area (Å²) in [5.41, 5.74) is 0.316. The van der Waals surface area contributed by atoms with Crippen LogP contribution in [0.2, 0.25) is 0 Å². The van der Waals surface area contributed by atoms with Crippen LogP contribution < -0.4 is 4.90 Å². The normalized spacial score (nSPS) is 17.6. The predicted octanol–water partition coefficient (Wildman–Crippen LogP) is 1.61. The van der Waals surface area contributed by atoms with Gasteiger partial charge in [0.1, 0.15) is 17.7 Å². The summed E-state index contributed by atoms with van der Waals surface area (Å²) in [5, 5.41) is 19.8. The SMILES string of the molecule is COC(=O)C1CCCN1c1ccc(C#N)c([N+](=O)[O-])c1. The van der Waals surface area contributed by atoms with Gasteiger partial charge in [-0.25, -0.2) is 4.79 Å². The molecule has 1 aliphatic heterocycles. The molecule has 1 fully saturated rings. The van der Waals surface area contributed by atoms with E-state index >= 15 is 0 Å². The molecule has 1 aromatic carbocycles. The molecule has 1 unspecified atom stereocenters. The molecule has 0 saturated carbocycles. The summed E-state index contributed by atoms with van der Waals surface area (Å²) in [6, 6.07) is 5.72. The van der Waals surface area contributed by atoms with Crippen molar-refractivity contribution in [3.63, 3.8) is 0 Å². The van der Waals surface area contributed by atoms with Gasteiger partial charge in [0.2, 0.25) is 0 Å². The third-order valence-electron chi connectivity index (χ3n) is 3.36. The van der Waals surface area contributed by atoms with Crippen LogP contribution in [0.5, 0.6) is 0 Å². The van der Waals surface area contributed by atoms with E-state index in [4.69, 9.17) is 10.00 Å². The fraction of sp³-hybridized carbons (Fsp3) is 0.385. The molecule has 0 aliphatic carbocycles. The molecular formula is C13H13N3O4. The molecule has 0 N–H and O–H groups in total. The Morgan fingerprint density at radius 1 is 1.60 bits per heavy atom. The highest BCUT2D eigenvalue weighted by Crippen LogP contribution is 2.30. The minimum atomic E-state index is -0.592. The fourth-order valence-electron chi connectivity index (χ4n) is 2.40. The van der Waals surface area contributed by atoms with Crippen molar-refractivity contribution in [3.8, 4) is 6.07 Å². The Morgan fingerprint density at radius 2 is 2.35 bits per heavy atom. The molecule has 1 saturated heterocycles. The highest BCUT2D eigenvalue weighted by atomic mass is 16.6. The van der Waals surface area contributed by atoms with E-state index in [1.807, 2.05) is 0 Å². The van der Waals surface area contributed by atoms with Crippen molar-refractivity contribution in [1.82, 2.24) is 0 Å². The van der Waals surface area contributed by atoms with Crippen LogP contribution in [-0.2, 0) is 9.53 Å². The number of rotatable bonds is 3. The molecule has 0 radical (unpaired) electrons. The van der Waals surface area contributed by atoms with Crippen LogP contribution in [0.4, 0.5) is 11.4 Å². The lowest BCUT2D eigenvalue weighted by molar-refractivity contribution is -0.385. The minimum absolute atomic E-state index is 0.00700. The Bertz CT molecular complexity index is 594. The Morgan fingerprint density at radius 3 is 2.95 bits per heavy atom. The van der Waals surface area contributed by atoms with Crippen molar-refractivity contribution in [1.29, 1.82) is 5.26 Å². The molecule has 0 amide bonds. The summed E-state index contributed by atoms with van der Waals surface area (Å²) in [6.07, 6.45) is 1.47. The lowest BCUT2D eigenvalue weighted by Crippen LogP contribution is -2.36. The van der Waals surface area contributed by atoms with Gasteiger partial charge in [0.15, 0.2) is 0 Å². The second-order valence-corrected chi connectivity index (χ2v) is 4.44. The number of hydrogen-bond donors (Lipinski definition) is 0. The van der Waals surface area contributed by atoms with E-state index in [1.54, 1.807) is 17.0 Å². The van der Waals surface area contributed by atoms with Crippen molar-refractivity contribution in [2.24, 2.45) is 0 Å². The van der Waals surface area contributed by atoms with Crippen molar-refractivity contribution >= 4 is 17.3 Å². The average Bonchev–Trinajstić information content (AvgIpc) is 2.95. The third-order valence-corrected chi connectivity index (χ3v) is 3.36. The highest BCUT2D eigenvalue weighted by molar-refractivity contribution is 5.81. The molecule has 1 atom stereocenters. The molecular weight excluding hydrogens is 262 g/mol. The molecule has 0 aromatic heterocycles. The molecule has 104 valence electrons. The Labute approximate surface area is 115 Å². The van der Waals surface area contributed by atoms with Crippen LogP contribution in [-0.4, -0.2) is 30.6 Å². The Hall–Kier alpha value is -2.62. The predicted molar refractivity (Wildman–Crippen MR) is 70.2 cm³/mol. The first-order chi connectivity index (χ1) is 9.58. The maximum absolute atomic E-state index is 11.7. The van der Waals surface area contributed by atoms with E-state index in [0.29, 0.717) is 18.7 Å². The number of carbonyl (C=O) groups is 1. The Kier molecular flexibility index (Phi) is 3.84. The van der Waals surface area contributed by atoms with E-state index < -0.39 is 11.0 Å². The first-order valence-corrected chi connectivity index (χ1v) is 6.11. The number of carbonyl (C=O) groups excluding carboxylic acids is 1. The maximum Gasteiger partial charge on any atom is 0.328 e. The van der Waals surface area contributed by atoms with Crippen LogP contribution in [0.25, 0.3) is 0 Å². The topological polar surface area (TPSA) is 96.5 Å². The quantitative estimate of drug-likeness (QED) is 0.472. The van der Waals surface area contributed by atoms with Gasteiger partial charge in [-0.1, -0.05) is 0 Å². The molecule has 7 nitrogen and oxygen atoms in total. The Balaban J connectivity index is 2.38. The largest absolute Gasteiger partial charge is 0.467 e. The molecule has 1 heterocycles. The number of ether oxygens (including phenoxy) is 1. The smallest absolute Gasteiger partial charge is 0.328 e. The van der Waals surface area contributed by atoms with Gasteiger partial charge in [0.25, 0.3) is 5.69 Å². The summed E-state index contributed by atoms with van der Waals surface area (Å²) in [6.45, 7) is 0.628. The number of anilines is 1. The van der Waals surface area contributed by atoms with E-state index in [-0.39, 0.29) is 17.2 Å². The van der Waals surface area contributed by atoms with Gasteiger partial charge in [0.05, 0.1) is 12.0 Å². The highest BCUT2D eigenvalue weighted by Gasteiger charge is 2.32. The van der Waals surface area contributed by atoms with Gasteiger partial charge in [-0.05, 0) is 25.0 Å². The summed E-state index contributed by atoms with van der Waals surface area (Å²) in [4.78, 5) is 23.8. The van der Waals surface area contributed by atoms with Crippen LogP contribution >= 0.6 is 0 Å². The molecule has 1 aromatic rings. The molecule has 7 heteroatoms. The van der Waals surface area contributed by atoms with Crippen LogP contribution in [0.1, 0.15) is 18.4 Å². The van der Waals surface area contributed by atoms with Gasteiger partial charge in [-0.2, -0.15) is 5.26 Å². The monoisotopic (exact) mass is 275 g/mol. The van der Waals surface area contributed by atoms with E-state index in [2.05, 4.69) is 0 Å². The number of nitro benzene ring substituents is 1. The van der Waals surface area contributed by atoms with Crippen LogP contribution in [0.3, 0.4) is 0 Å². The van der Waals surface area contributed by atoms with Crippen LogP contribution in [0, 0.1) is 21.4 Å². The summed E-state index contributed by atoms with van der Waals surface area (Å²) < 4.78 is 4.74. The lowest BCUT2D eigenvalue weighted by Gasteiger charge is -2.24. The van der Waals surface area contributed by atoms with Gasteiger partial charge < -0.3 is 9.64 Å². The van der Waals surface area contributed by atoms with E-state index in [9.17, 15) is 14.9 Å². The average molecular weight is 275 g/mol. The molecule has 0 spiro atoms. The summed E-state index contributed by atoms with van der Waals surface area (Å²) >= 11 is 0. The van der Waals surface area contributed by atoms with E-state index in [0.717, 1.165) is 6.42 Å². The zero-order valence-electron chi connectivity index (χ0n) is 10.9. The van der Waals surface area contributed by atoms with Crippen molar-refractivity contribution in [2.75, 3.05) is 18.6 Å². The number of nitrogens with zero attached hydrogens (tertiary/aromatic N) is 3. The zero-order chi connectivity index (χ0) is 14.7. The molecule has 0 bridgehead atoms. The first-order valence-electron chi connectivity index (χ1n) is 6.11.